The summed E-state index contributed by atoms with van der Waals surface area (Å²) in [7, 11) is 0. The average molecular weight is 531 g/mol. The fourth-order valence-electron chi connectivity index (χ4n) is 2.09. The molecule has 0 aromatic rings. The Bertz CT molecular complexity index is 309. The van der Waals surface area contributed by atoms with Crippen LogP contribution in [0.5, 0.6) is 0 Å². The van der Waals surface area contributed by atoms with Crippen LogP contribution in [-0.4, -0.2) is 48.8 Å². The first-order chi connectivity index (χ1) is 11.2. The first-order valence-electron chi connectivity index (χ1n) is 8.65. The van der Waals surface area contributed by atoms with Crippen LogP contribution in [0.4, 0.5) is 0 Å². The van der Waals surface area contributed by atoms with E-state index in [0.29, 0.717) is 12.4 Å². The van der Waals surface area contributed by atoms with Crippen LogP contribution in [0.1, 0.15) is 84.0 Å². The maximum Gasteiger partial charge on any atom is 0 e. The second-order valence-electron chi connectivity index (χ2n) is 5.44. The van der Waals surface area contributed by atoms with Crippen LogP contribution >= 0.6 is 5.96 Å². The van der Waals surface area contributed by atoms with E-state index in [1.54, 1.807) is 0 Å². The molecule has 0 saturated carbocycles. The maximum atomic E-state index is 10.3. The number of hydrogen-bond acceptors (Lipinski definition) is 1. The van der Waals surface area contributed by atoms with Crippen molar-refractivity contribution in [3.05, 3.63) is 24.3 Å². The molecule has 0 amide bonds. The first-order valence-corrected chi connectivity index (χ1v) is 12.8. The van der Waals surface area contributed by atoms with Gasteiger partial charge in [0, 0.05) is 25.9 Å². The standard InChI is InChI=1S/C18H32O2.Ca.Fe.Mn.HP.Zn.2H/c1-2-3-4-5-6-7-8-9-10-11-12-13-14-15-16-17-18(19)20;;;;;;;/h6-7,9-10H,2-5,8,11-17H2,1H3,(H,19,20);;;;1H;;;/b7-6-,10-9-;;;;;;;. The van der Waals surface area contributed by atoms with Crippen molar-refractivity contribution in [1.82, 2.24) is 0 Å². The summed E-state index contributed by atoms with van der Waals surface area (Å²) in [5, 5.41) is 8.50. The number of hydrogen-bond donors (Lipinski definition) is 1. The van der Waals surface area contributed by atoms with E-state index in [0.717, 1.165) is 25.7 Å². The summed E-state index contributed by atoms with van der Waals surface area (Å²) in [6.45, 7) is 2.23. The summed E-state index contributed by atoms with van der Waals surface area (Å²) < 4.78 is 0. The summed E-state index contributed by atoms with van der Waals surface area (Å²) in [5.74, 6) is -0.0248. The zero-order valence-electron chi connectivity index (χ0n) is 15.1. The Kier molecular flexibility index (Phi) is 47.1. The van der Waals surface area contributed by atoms with Crippen LogP contribution in [0.3, 0.4) is 0 Å². The van der Waals surface area contributed by atoms with Crippen molar-refractivity contribution in [2.75, 3.05) is 0 Å². The van der Waals surface area contributed by atoms with E-state index in [1.165, 1.54) is 44.9 Å². The zero-order chi connectivity index (χ0) is 17.6. The van der Waals surface area contributed by atoms with E-state index < -0.39 is 5.97 Å². The van der Waals surface area contributed by atoms with Crippen LogP contribution < -0.4 is 0 Å². The molecule has 25 heavy (non-hydrogen) atoms. The second-order valence-corrected chi connectivity index (χ2v) is 8.78. The van der Waals surface area contributed by atoms with Crippen LogP contribution in [0, 0.1) is 0 Å². The second kappa shape index (κ2) is 33.9. The summed E-state index contributed by atoms with van der Waals surface area (Å²) >= 11 is 6.49. The quantitative estimate of drug-likeness (QED) is 0.138. The SMILES string of the molecule is CCCCC/C=C\C/C=C\CCCCCCCC(=O)O.[CaH2].[Mn][PH][Fe].[Zn]. The van der Waals surface area contributed by atoms with Crippen molar-refractivity contribution in [1.29, 1.82) is 0 Å². The number of allylic oxidation sites excluding steroid dienone is 4. The Morgan fingerprint density at radius 2 is 1.40 bits per heavy atom. The molecule has 0 radical (unpaired) electrons. The van der Waals surface area contributed by atoms with Crippen LogP contribution in [0.15, 0.2) is 24.3 Å². The molecule has 7 heteroatoms. The first kappa shape index (κ1) is 34.8. The molecule has 0 aliphatic carbocycles. The number of unbranched alkanes of at least 4 members (excludes halogenated alkanes) is 8. The van der Waals surface area contributed by atoms with Crippen LogP contribution in [0.25, 0.3) is 0 Å². The number of carboxylic acid groups (broad SMARTS) is 1. The number of rotatable bonds is 14. The van der Waals surface area contributed by atoms with Gasteiger partial charge in [-0.15, -0.1) is 0 Å². The number of carboxylic acids is 1. The summed E-state index contributed by atoms with van der Waals surface area (Å²) in [4.78, 5) is 10.3. The minimum absolute atomic E-state index is 0. The van der Waals surface area contributed by atoms with Crippen molar-refractivity contribution < 1.29 is 60.5 Å². The molecule has 1 N–H and O–H groups in total. The van der Waals surface area contributed by atoms with Gasteiger partial charge in [-0.3, -0.25) is 4.79 Å². The van der Waals surface area contributed by atoms with Gasteiger partial charge in [0.1, 0.15) is 0 Å². The molecule has 0 aliphatic heterocycles. The molecule has 0 bridgehead atoms. The predicted molar refractivity (Wildman–Crippen MR) is 104 cm³/mol. The number of carbonyl (C=O) groups is 1. The van der Waals surface area contributed by atoms with E-state index in [9.17, 15) is 4.79 Å². The molecular weight excluding hydrogens is 495 g/mol. The fraction of sp³-hybridized carbons (Fsp3) is 0.722. The summed E-state index contributed by atoms with van der Waals surface area (Å²) in [5.41, 5.74) is 0. The number of aliphatic carboxylic acids is 1. The molecule has 0 fully saturated rings. The van der Waals surface area contributed by atoms with Gasteiger partial charge >= 0.3 is 80.8 Å². The molecule has 0 heterocycles. The Balaban J connectivity index is -0.000000409. The molecule has 2 nitrogen and oxygen atoms in total. The largest absolute Gasteiger partial charge is 0 e. The Labute approximate surface area is 216 Å². The third-order valence-corrected chi connectivity index (χ3v) is 3.34. The average Bonchev–Trinajstić information content (AvgIpc) is 2.51. The van der Waals surface area contributed by atoms with Gasteiger partial charge in [-0.1, -0.05) is 63.3 Å². The van der Waals surface area contributed by atoms with Crippen molar-refractivity contribution in [2.45, 2.75) is 84.0 Å². The molecule has 143 valence electrons. The molecule has 0 aromatic carbocycles. The monoisotopic (exact) mass is 529 g/mol. The van der Waals surface area contributed by atoms with Gasteiger partial charge in [0.25, 0.3) is 0 Å². The predicted octanol–water partition coefficient (Wildman–Crippen LogP) is 5.55. The van der Waals surface area contributed by atoms with Gasteiger partial charge in [-0.05, 0) is 38.5 Å². The van der Waals surface area contributed by atoms with E-state index in [2.05, 4.69) is 62.4 Å². The smallest absolute Gasteiger partial charge is 0 e. The third kappa shape index (κ3) is 41.7. The van der Waals surface area contributed by atoms with E-state index in [-0.39, 0.29) is 57.2 Å². The van der Waals surface area contributed by atoms with Gasteiger partial charge in [0.2, 0.25) is 0 Å². The molecule has 0 saturated heterocycles. The summed E-state index contributed by atoms with van der Waals surface area (Å²) in [6.07, 6.45) is 22.3. The molecule has 1 atom stereocenters. The van der Waals surface area contributed by atoms with E-state index in [1.807, 2.05) is 0 Å². The minimum Gasteiger partial charge on any atom is 0 e. The Morgan fingerprint density at radius 3 is 1.88 bits per heavy atom. The molecule has 0 spiro atoms. The van der Waals surface area contributed by atoms with Gasteiger partial charge in [0.15, 0.2) is 0 Å². The van der Waals surface area contributed by atoms with Crippen LogP contribution in [-0.2, 0) is 55.4 Å². The van der Waals surface area contributed by atoms with Gasteiger partial charge in [0.05, 0.1) is 0 Å². The third-order valence-electron chi connectivity index (χ3n) is 3.34. The van der Waals surface area contributed by atoms with Crippen molar-refractivity contribution in [3.8, 4) is 0 Å². The van der Waals surface area contributed by atoms with Gasteiger partial charge in [-0.2, -0.15) is 0 Å². The molecule has 0 aliphatic rings. The van der Waals surface area contributed by atoms with Crippen LogP contribution in [0.2, 0.25) is 0 Å². The van der Waals surface area contributed by atoms with E-state index in [4.69, 9.17) is 5.11 Å². The molecule has 0 aromatic heterocycles. The minimum atomic E-state index is -0.671. The molecular formula is C18H35CaFeMnO2PZn. The van der Waals surface area contributed by atoms with Crippen molar-refractivity contribution in [2.24, 2.45) is 0 Å². The van der Waals surface area contributed by atoms with E-state index >= 15 is 0 Å². The zero-order valence-corrected chi connectivity index (χ0v) is 21.3. The molecule has 1 unspecified atom stereocenters. The topological polar surface area (TPSA) is 37.3 Å². The molecule has 0 rings (SSSR count). The Morgan fingerprint density at radius 1 is 0.960 bits per heavy atom. The summed E-state index contributed by atoms with van der Waals surface area (Å²) in [6, 6.07) is 0. The normalized spacial score (nSPS) is 10.5. The van der Waals surface area contributed by atoms with Crippen molar-refractivity contribution in [3.63, 3.8) is 0 Å². The van der Waals surface area contributed by atoms with Gasteiger partial charge < -0.3 is 5.11 Å². The fourth-order valence-corrected chi connectivity index (χ4v) is 2.09. The maximum absolute atomic E-state index is 10.3. The Hall–Kier alpha value is 2.30. The van der Waals surface area contributed by atoms with Gasteiger partial charge in [-0.25, -0.2) is 0 Å². The van der Waals surface area contributed by atoms with Crippen molar-refractivity contribution >= 4 is 49.7 Å².